The van der Waals surface area contributed by atoms with Crippen molar-refractivity contribution < 1.29 is 9.50 Å². The molecule has 100 valence electrons. The smallest absolute Gasteiger partial charge is 0.262 e. The van der Waals surface area contributed by atoms with Gasteiger partial charge in [-0.3, -0.25) is 4.79 Å². The summed E-state index contributed by atoms with van der Waals surface area (Å²) in [6.07, 6.45) is 1.10. The molecule has 0 fully saturated rings. The number of nitrogens with zero attached hydrogens (tertiary/aromatic N) is 1. The highest BCUT2D eigenvalue weighted by Crippen LogP contribution is 2.25. The van der Waals surface area contributed by atoms with Crippen LogP contribution in [0.25, 0.3) is 11.1 Å². The Morgan fingerprint density at radius 1 is 1.37 bits per heavy atom. The summed E-state index contributed by atoms with van der Waals surface area (Å²) in [5.74, 6) is -0.714. The first kappa shape index (κ1) is 13.2. The van der Waals surface area contributed by atoms with Crippen LogP contribution in [-0.4, -0.2) is 21.6 Å². The fourth-order valence-electron chi connectivity index (χ4n) is 1.80. The summed E-state index contributed by atoms with van der Waals surface area (Å²) in [7, 11) is 0. The van der Waals surface area contributed by atoms with Crippen LogP contribution in [0.1, 0.15) is 12.2 Å². The van der Waals surface area contributed by atoms with Crippen molar-refractivity contribution in [2.75, 3.05) is 6.54 Å². The van der Waals surface area contributed by atoms with E-state index in [1.165, 1.54) is 18.2 Å². The normalized spacial score (nSPS) is 10.6. The van der Waals surface area contributed by atoms with Crippen molar-refractivity contribution in [3.63, 3.8) is 0 Å². The van der Waals surface area contributed by atoms with Gasteiger partial charge in [-0.1, -0.05) is 18.2 Å². The number of rotatable bonds is 4. The molecule has 0 aliphatic carbocycles. The Kier molecular flexibility index (Phi) is 3.91. The lowest BCUT2D eigenvalue weighted by atomic mass is 10.1. The number of nitrogens with two attached hydrogens (primary N) is 1. The molecule has 0 saturated heterocycles. The van der Waals surface area contributed by atoms with Crippen molar-refractivity contribution in [2.45, 2.75) is 12.8 Å². The topological polar surface area (TPSA) is 92.0 Å². The van der Waals surface area contributed by atoms with E-state index in [-0.39, 0.29) is 11.1 Å². The first-order valence-corrected chi connectivity index (χ1v) is 5.90. The highest BCUT2D eigenvalue weighted by molar-refractivity contribution is 5.67. The van der Waals surface area contributed by atoms with Crippen LogP contribution in [0, 0.1) is 5.82 Å². The van der Waals surface area contributed by atoms with Crippen molar-refractivity contribution in [3.8, 4) is 17.0 Å². The van der Waals surface area contributed by atoms with Crippen LogP contribution in [0.15, 0.2) is 29.1 Å². The zero-order chi connectivity index (χ0) is 13.8. The van der Waals surface area contributed by atoms with E-state index in [2.05, 4.69) is 9.97 Å². The Hall–Kier alpha value is -2.21. The van der Waals surface area contributed by atoms with Gasteiger partial charge in [-0.05, 0) is 19.0 Å². The van der Waals surface area contributed by atoms with Gasteiger partial charge in [-0.25, -0.2) is 4.39 Å². The van der Waals surface area contributed by atoms with Crippen LogP contribution >= 0.6 is 0 Å². The lowest BCUT2D eigenvalue weighted by Crippen LogP contribution is -2.15. The van der Waals surface area contributed by atoms with Gasteiger partial charge in [0, 0.05) is 12.0 Å². The van der Waals surface area contributed by atoms with Crippen LogP contribution in [0.3, 0.4) is 0 Å². The molecule has 0 bridgehead atoms. The number of hydrogen-bond acceptors (Lipinski definition) is 4. The maximum atomic E-state index is 13.6. The summed E-state index contributed by atoms with van der Waals surface area (Å²) in [5.41, 5.74) is 4.67. The van der Waals surface area contributed by atoms with E-state index in [9.17, 15) is 14.3 Å². The number of aromatic amines is 1. The van der Waals surface area contributed by atoms with E-state index >= 15 is 0 Å². The molecule has 0 unspecified atom stereocenters. The molecular weight excluding hydrogens is 249 g/mol. The van der Waals surface area contributed by atoms with E-state index in [1.807, 2.05) is 0 Å². The van der Waals surface area contributed by atoms with Crippen molar-refractivity contribution in [1.29, 1.82) is 0 Å². The fourth-order valence-corrected chi connectivity index (χ4v) is 1.80. The molecule has 19 heavy (non-hydrogen) atoms. The molecule has 0 radical (unpaired) electrons. The van der Waals surface area contributed by atoms with Gasteiger partial charge in [0.05, 0.1) is 0 Å². The number of hydrogen-bond donors (Lipinski definition) is 3. The maximum absolute atomic E-state index is 13.6. The maximum Gasteiger partial charge on any atom is 0.262 e. The lowest BCUT2D eigenvalue weighted by Gasteiger charge is -2.06. The summed E-state index contributed by atoms with van der Waals surface area (Å²) in [6, 6.07) is 5.73. The van der Waals surface area contributed by atoms with E-state index in [0.29, 0.717) is 25.2 Å². The summed E-state index contributed by atoms with van der Waals surface area (Å²) in [4.78, 5) is 18.3. The van der Waals surface area contributed by atoms with Crippen LogP contribution in [0.5, 0.6) is 5.88 Å². The van der Waals surface area contributed by atoms with Crippen LogP contribution in [-0.2, 0) is 6.42 Å². The fraction of sp³-hybridized carbons (Fsp3) is 0.231. The minimum Gasteiger partial charge on any atom is -0.493 e. The average Bonchev–Trinajstić information content (AvgIpc) is 2.38. The SMILES string of the molecule is NCCCc1nc(O)c(-c2ccccc2F)c(=O)[nH]1. The Labute approximate surface area is 108 Å². The molecule has 5 nitrogen and oxygen atoms in total. The molecular formula is C13H14FN3O2. The van der Waals surface area contributed by atoms with E-state index < -0.39 is 17.3 Å². The molecule has 0 saturated carbocycles. The third-order valence-electron chi connectivity index (χ3n) is 2.71. The van der Waals surface area contributed by atoms with Gasteiger partial charge >= 0.3 is 0 Å². The number of aryl methyl sites for hydroxylation is 1. The molecule has 2 aromatic rings. The van der Waals surface area contributed by atoms with Gasteiger partial charge in [0.25, 0.3) is 5.56 Å². The number of benzene rings is 1. The molecule has 1 aromatic heterocycles. The second-order valence-corrected chi connectivity index (χ2v) is 4.08. The highest BCUT2D eigenvalue weighted by atomic mass is 19.1. The monoisotopic (exact) mass is 263 g/mol. The zero-order valence-electron chi connectivity index (χ0n) is 10.2. The molecule has 0 atom stereocenters. The summed E-state index contributed by atoms with van der Waals surface area (Å²) < 4.78 is 13.6. The molecule has 0 spiro atoms. The predicted molar refractivity (Wildman–Crippen MR) is 69.3 cm³/mol. The molecule has 6 heteroatoms. The van der Waals surface area contributed by atoms with Gasteiger partial charge in [-0.15, -0.1) is 0 Å². The van der Waals surface area contributed by atoms with Gasteiger partial charge in [0.2, 0.25) is 5.88 Å². The van der Waals surface area contributed by atoms with Crippen molar-refractivity contribution >= 4 is 0 Å². The minimum absolute atomic E-state index is 0.0270. The number of nitrogens with one attached hydrogen (secondary N) is 1. The van der Waals surface area contributed by atoms with Crippen molar-refractivity contribution in [1.82, 2.24) is 9.97 Å². The molecule has 4 N–H and O–H groups in total. The summed E-state index contributed by atoms with van der Waals surface area (Å²) in [6.45, 7) is 0.458. The largest absolute Gasteiger partial charge is 0.493 e. The predicted octanol–water partition coefficient (Wildman–Crippen LogP) is 1.17. The number of H-pyrrole nitrogens is 1. The minimum atomic E-state index is -0.584. The first-order chi connectivity index (χ1) is 9.13. The average molecular weight is 263 g/mol. The van der Waals surface area contributed by atoms with Crippen molar-refractivity contribution in [3.05, 3.63) is 46.3 Å². The third kappa shape index (κ3) is 2.79. The second kappa shape index (κ2) is 5.62. The van der Waals surface area contributed by atoms with Gasteiger partial charge in [0.15, 0.2) is 0 Å². The van der Waals surface area contributed by atoms with Gasteiger partial charge in [0.1, 0.15) is 17.2 Å². The number of aromatic hydroxyl groups is 1. The van der Waals surface area contributed by atoms with Crippen molar-refractivity contribution in [2.24, 2.45) is 5.73 Å². The van der Waals surface area contributed by atoms with E-state index in [4.69, 9.17) is 5.73 Å². The molecule has 1 heterocycles. The molecule has 0 amide bonds. The molecule has 0 aliphatic heterocycles. The standard InChI is InChI=1S/C13H14FN3O2/c14-9-5-2-1-4-8(9)11-12(18)16-10(6-3-7-15)17-13(11)19/h1-2,4-5H,3,6-7,15H2,(H2,16,17,18,19). The quantitative estimate of drug-likeness (QED) is 0.772. The van der Waals surface area contributed by atoms with Gasteiger partial charge in [-0.2, -0.15) is 4.98 Å². The second-order valence-electron chi connectivity index (χ2n) is 4.08. The van der Waals surface area contributed by atoms with E-state index in [0.717, 1.165) is 0 Å². The third-order valence-corrected chi connectivity index (χ3v) is 2.71. The van der Waals surface area contributed by atoms with Crippen LogP contribution in [0.4, 0.5) is 4.39 Å². The van der Waals surface area contributed by atoms with Crippen LogP contribution in [0.2, 0.25) is 0 Å². The van der Waals surface area contributed by atoms with Gasteiger partial charge < -0.3 is 15.8 Å². The molecule has 1 aromatic carbocycles. The zero-order valence-corrected chi connectivity index (χ0v) is 10.2. The molecule has 2 rings (SSSR count). The highest BCUT2D eigenvalue weighted by Gasteiger charge is 2.15. The number of aromatic nitrogens is 2. The molecule has 0 aliphatic rings. The first-order valence-electron chi connectivity index (χ1n) is 5.90. The van der Waals surface area contributed by atoms with Crippen LogP contribution < -0.4 is 11.3 Å². The summed E-state index contributed by atoms with van der Waals surface area (Å²) >= 11 is 0. The Bertz CT molecular complexity index is 640. The Morgan fingerprint density at radius 3 is 2.74 bits per heavy atom. The Balaban J connectivity index is 2.49. The Morgan fingerprint density at radius 2 is 2.11 bits per heavy atom. The lowest BCUT2D eigenvalue weighted by molar-refractivity contribution is 0.449. The van der Waals surface area contributed by atoms with E-state index in [1.54, 1.807) is 6.07 Å². The summed E-state index contributed by atoms with van der Waals surface area (Å²) in [5, 5.41) is 9.82. The number of halogens is 1.